The van der Waals surface area contributed by atoms with Crippen LogP contribution in [0.5, 0.6) is 11.5 Å². The number of amides is 1. The zero-order valence-electron chi connectivity index (χ0n) is 15.8. The Balaban J connectivity index is 1.61. The number of nitrogens with one attached hydrogen (secondary N) is 1. The lowest BCUT2D eigenvalue weighted by molar-refractivity contribution is -0.131. The molecule has 0 bridgehead atoms. The van der Waals surface area contributed by atoms with Crippen LogP contribution in [0.1, 0.15) is 45.4 Å². The van der Waals surface area contributed by atoms with E-state index in [1.165, 1.54) is 25.0 Å². The maximum atomic E-state index is 12.6. The summed E-state index contributed by atoms with van der Waals surface area (Å²) in [5.74, 6) is 0.990. The van der Waals surface area contributed by atoms with Gasteiger partial charge in [0.05, 0.1) is 4.90 Å². The van der Waals surface area contributed by atoms with Crippen molar-refractivity contribution in [3.05, 3.63) is 18.2 Å². The van der Waals surface area contributed by atoms with Crippen molar-refractivity contribution in [1.29, 1.82) is 0 Å². The molecule has 1 heterocycles. The molecule has 1 amide bonds. The molecule has 0 unspecified atom stereocenters. The van der Waals surface area contributed by atoms with Gasteiger partial charge in [-0.1, -0.05) is 25.7 Å². The van der Waals surface area contributed by atoms with Crippen LogP contribution in [0.4, 0.5) is 0 Å². The summed E-state index contributed by atoms with van der Waals surface area (Å²) < 4.78 is 38.7. The molecule has 27 heavy (non-hydrogen) atoms. The average molecular weight is 397 g/mol. The number of hydrogen-bond acceptors (Lipinski definition) is 5. The topological polar surface area (TPSA) is 84.9 Å². The predicted molar refractivity (Wildman–Crippen MR) is 101 cm³/mol. The normalized spacial score (nSPS) is 18.0. The molecule has 150 valence electrons. The third-order valence-electron chi connectivity index (χ3n) is 5.14. The first-order chi connectivity index (χ1) is 13.0. The molecule has 7 nitrogen and oxygen atoms in total. The first-order valence-electron chi connectivity index (χ1n) is 9.64. The van der Waals surface area contributed by atoms with Gasteiger partial charge in [0.2, 0.25) is 15.9 Å². The van der Waals surface area contributed by atoms with E-state index in [9.17, 15) is 13.2 Å². The van der Waals surface area contributed by atoms with Crippen LogP contribution in [0.3, 0.4) is 0 Å². The lowest BCUT2D eigenvalue weighted by atomic mass is 10.1. The Hall–Kier alpha value is -1.80. The molecule has 0 atom stereocenters. The summed E-state index contributed by atoms with van der Waals surface area (Å²) in [6.45, 7) is 2.98. The Labute approximate surface area is 161 Å². The van der Waals surface area contributed by atoms with Gasteiger partial charge in [0, 0.05) is 32.1 Å². The SMILES string of the molecule is CC(=O)N(CCNS(=O)(=O)c1ccc2c(c1)OCCO2)C1CCCCCC1. The molecule has 1 aliphatic carbocycles. The summed E-state index contributed by atoms with van der Waals surface area (Å²) in [4.78, 5) is 14.0. The van der Waals surface area contributed by atoms with Crippen molar-refractivity contribution in [2.24, 2.45) is 0 Å². The van der Waals surface area contributed by atoms with Gasteiger partial charge in [0.15, 0.2) is 11.5 Å². The summed E-state index contributed by atoms with van der Waals surface area (Å²) in [5.41, 5.74) is 0. The van der Waals surface area contributed by atoms with Gasteiger partial charge >= 0.3 is 0 Å². The number of ether oxygens (including phenoxy) is 2. The van der Waals surface area contributed by atoms with E-state index in [0.717, 1.165) is 25.7 Å². The van der Waals surface area contributed by atoms with Crippen molar-refractivity contribution < 1.29 is 22.7 Å². The summed E-state index contributed by atoms with van der Waals surface area (Å²) in [5, 5.41) is 0. The number of sulfonamides is 1. The largest absolute Gasteiger partial charge is 0.486 e. The molecular weight excluding hydrogens is 368 g/mol. The molecule has 1 aromatic rings. The van der Waals surface area contributed by atoms with Gasteiger partial charge in [-0.3, -0.25) is 4.79 Å². The maximum absolute atomic E-state index is 12.6. The van der Waals surface area contributed by atoms with Crippen molar-refractivity contribution in [1.82, 2.24) is 9.62 Å². The molecular formula is C19H28N2O5S. The fourth-order valence-corrected chi connectivity index (χ4v) is 4.78. The second kappa shape index (κ2) is 8.93. The number of carbonyl (C=O) groups is 1. The van der Waals surface area contributed by atoms with Crippen molar-refractivity contribution in [2.75, 3.05) is 26.3 Å². The lowest BCUT2D eigenvalue weighted by Crippen LogP contribution is -2.43. The van der Waals surface area contributed by atoms with E-state index < -0.39 is 10.0 Å². The zero-order chi connectivity index (χ0) is 19.3. The summed E-state index contributed by atoms with van der Waals surface area (Å²) >= 11 is 0. The molecule has 1 saturated carbocycles. The second-order valence-corrected chi connectivity index (χ2v) is 8.83. The highest BCUT2D eigenvalue weighted by Crippen LogP contribution is 2.32. The first kappa shape index (κ1) is 19.9. The Morgan fingerprint density at radius 2 is 1.78 bits per heavy atom. The monoisotopic (exact) mass is 396 g/mol. The van der Waals surface area contributed by atoms with Crippen LogP contribution in [0, 0.1) is 0 Å². The molecule has 1 aromatic carbocycles. The van der Waals surface area contributed by atoms with Gasteiger partial charge < -0.3 is 14.4 Å². The fourth-order valence-electron chi connectivity index (χ4n) is 3.74. The Bertz CT molecular complexity index is 757. The van der Waals surface area contributed by atoms with Crippen molar-refractivity contribution in [3.63, 3.8) is 0 Å². The molecule has 3 rings (SSSR count). The van der Waals surface area contributed by atoms with Crippen LogP contribution >= 0.6 is 0 Å². The Morgan fingerprint density at radius 1 is 1.11 bits per heavy atom. The van der Waals surface area contributed by atoms with Crippen LogP contribution in [0.2, 0.25) is 0 Å². The molecule has 8 heteroatoms. The van der Waals surface area contributed by atoms with Crippen molar-refractivity contribution in [2.45, 2.75) is 56.4 Å². The number of fused-ring (bicyclic) bond motifs is 1. The third kappa shape index (κ3) is 5.13. The smallest absolute Gasteiger partial charge is 0.240 e. The van der Waals surface area contributed by atoms with Gasteiger partial charge in [-0.15, -0.1) is 0 Å². The number of carbonyl (C=O) groups excluding carboxylic acids is 1. The minimum Gasteiger partial charge on any atom is -0.486 e. The Kier molecular flexibility index (Phi) is 6.59. The lowest BCUT2D eigenvalue weighted by Gasteiger charge is -2.30. The molecule has 1 fully saturated rings. The molecule has 1 N–H and O–H groups in total. The van der Waals surface area contributed by atoms with E-state index in [1.54, 1.807) is 13.0 Å². The van der Waals surface area contributed by atoms with Crippen LogP contribution in [-0.4, -0.2) is 51.6 Å². The van der Waals surface area contributed by atoms with Crippen LogP contribution in [0.15, 0.2) is 23.1 Å². The molecule has 1 aliphatic heterocycles. The number of hydrogen-bond donors (Lipinski definition) is 1. The summed E-state index contributed by atoms with van der Waals surface area (Å²) in [6, 6.07) is 4.80. The Morgan fingerprint density at radius 3 is 2.44 bits per heavy atom. The van der Waals surface area contributed by atoms with Gasteiger partial charge in [-0.05, 0) is 25.0 Å². The third-order valence-corrected chi connectivity index (χ3v) is 6.60. The number of benzene rings is 1. The molecule has 0 radical (unpaired) electrons. The van der Waals surface area contributed by atoms with E-state index in [-0.39, 0.29) is 23.4 Å². The summed E-state index contributed by atoms with van der Waals surface area (Å²) in [7, 11) is -3.68. The van der Waals surface area contributed by atoms with Crippen LogP contribution in [-0.2, 0) is 14.8 Å². The number of nitrogens with zero attached hydrogens (tertiary/aromatic N) is 1. The van der Waals surface area contributed by atoms with Crippen LogP contribution < -0.4 is 14.2 Å². The van der Waals surface area contributed by atoms with Crippen molar-refractivity contribution in [3.8, 4) is 11.5 Å². The van der Waals surface area contributed by atoms with E-state index >= 15 is 0 Å². The minimum absolute atomic E-state index is 0.000396. The molecule has 0 saturated heterocycles. The molecule has 0 spiro atoms. The predicted octanol–water partition coefficient (Wildman–Crippen LogP) is 2.31. The van der Waals surface area contributed by atoms with Crippen molar-refractivity contribution >= 4 is 15.9 Å². The van der Waals surface area contributed by atoms with Crippen LogP contribution in [0.25, 0.3) is 0 Å². The van der Waals surface area contributed by atoms with Gasteiger partial charge in [0.25, 0.3) is 0 Å². The average Bonchev–Trinajstić information content (AvgIpc) is 2.93. The fraction of sp³-hybridized carbons (Fsp3) is 0.632. The quantitative estimate of drug-likeness (QED) is 0.746. The highest BCUT2D eigenvalue weighted by molar-refractivity contribution is 7.89. The zero-order valence-corrected chi connectivity index (χ0v) is 16.6. The van der Waals surface area contributed by atoms with Gasteiger partial charge in [0.1, 0.15) is 13.2 Å². The van der Waals surface area contributed by atoms with Gasteiger partial charge in [-0.2, -0.15) is 0 Å². The second-order valence-electron chi connectivity index (χ2n) is 7.06. The highest BCUT2D eigenvalue weighted by Gasteiger charge is 2.23. The summed E-state index contributed by atoms with van der Waals surface area (Å²) in [6.07, 6.45) is 6.65. The molecule has 0 aromatic heterocycles. The number of rotatable bonds is 6. The highest BCUT2D eigenvalue weighted by atomic mass is 32.2. The molecule has 2 aliphatic rings. The standard InChI is InChI=1S/C19H28N2O5S/c1-15(22)21(16-6-4-2-3-5-7-16)11-10-20-27(23,24)17-8-9-18-19(14-17)26-13-12-25-18/h8-9,14,16,20H,2-7,10-13H2,1H3. The van der Waals surface area contributed by atoms with Gasteiger partial charge in [-0.25, -0.2) is 13.1 Å². The van der Waals surface area contributed by atoms with E-state index in [2.05, 4.69) is 4.72 Å². The maximum Gasteiger partial charge on any atom is 0.240 e. The first-order valence-corrected chi connectivity index (χ1v) is 11.1. The van der Waals surface area contributed by atoms with E-state index in [4.69, 9.17) is 9.47 Å². The van der Waals surface area contributed by atoms with E-state index in [1.807, 2.05) is 4.90 Å². The minimum atomic E-state index is -3.68. The van der Waals surface area contributed by atoms with E-state index in [0.29, 0.717) is 31.3 Å².